The highest BCUT2D eigenvalue weighted by Gasteiger charge is 2.20. The fraction of sp³-hybridized carbons (Fsp3) is 0.667. The van der Waals surface area contributed by atoms with Crippen molar-refractivity contribution in [2.24, 2.45) is 0 Å². The molecule has 1 N–H and O–H groups in total. The van der Waals surface area contributed by atoms with Gasteiger partial charge in [0.15, 0.2) is 0 Å². The van der Waals surface area contributed by atoms with Gasteiger partial charge in [-0.1, -0.05) is 30.7 Å². The standard InChI is InChI=1S/C18H28N2O/c1-20-11-3-2-4-18(20)14-21-13-16-7-5-15(6-8-16)12-19-17-9-10-17/h5-8,17-19H,2-4,9-14H2,1H3. The molecule has 21 heavy (non-hydrogen) atoms. The maximum atomic E-state index is 5.92. The van der Waals surface area contributed by atoms with Crippen LogP contribution in [-0.2, 0) is 17.9 Å². The minimum absolute atomic E-state index is 0.612. The summed E-state index contributed by atoms with van der Waals surface area (Å²) in [7, 11) is 2.22. The molecule has 3 heteroatoms. The van der Waals surface area contributed by atoms with Crippen LogP contribution in [0.15, 0.2) is 24.3 Å². The highest BCUT2D eigenvalue weighted by atomic mass is 16.5. The number of nitrogens with one attached hydrogen (secondary N) is 1. The number of likely N-dealkylation sites (tertiary alicyclic amines) is 1. The SMILES string of the molecule is CN1CCCCC1COCc1ccc(CNC2CC2)cc1. The van der Waals surface area contributed by atoms with Gasteiger partial charge in [0.05, 0.1) is 13.2 Å². The van der Waals surface area contributed by atoms with Gasteiger partial charge in [0, 0.05) is 18.6 Å². The van der Waals surface area contributed by atoms with Crippen molar-refractivity contribution >= 4 is 0 Å². The van der Waals surface area contributed by atoms with Gasteiger partial charge in [0.1, 0.15) is 0 Å². The zero-order chi connectivity index (χ0) is 14.5. The van der Waals surface area contributed by atoms with Crippen LogP contribution in [0.1, 0.15) is 43.2 Å². The molecular formula is C18H28N2O. The Morgan fingerprint density at radius 2 is 1.86 bits per heavy atom. The molecule has 116 valence electrons. The van der Waals surface area contributed by atoms with Crippen LogP contribution in [0.4, 0.5) is 0 Å². The van der Waals surface area contributed by atoms with Crippen molar-refractivity contribution in [3.05, 3.63) is 35.4 Å². The normalized spacial score (nSPS) is 23.4. The predicted octanol–water partition coefficient (Wildman–Crippen LogP) is 2.94. The van der Waals surface area contributed by atoms with Gasteiger partial charge in [-0.3, -0.25) is 0 Å². The molecule has 0 bridgehead atoms. The number of nitrogens with zero attached hydrogens (tertiary/aromatic N) is 1. The quantitative estimate of drug-likeness (QED) is 0.835. The molecule has 0 spiro atoms. The van der Waals surface area contributed by atoms with Crippen LogP contribution in [-0.4, -0.2) is 37.2 Å². The van der Waals surface area contributed by atoms with Crippen molar-refractivity contribution in [1.82, 2.24) is 10.2 Å². The lowest BCUT2D eigenvalue weighted by atomic mass is 10.0. The summed E-state index contributed by atoms with van der Waals surface area (Å²) in [6.07, 6.45) is 6.66. The van der Waals surface area contributed by atoms with Crippen molar-refractivity contribution in [1.29, 1.82) is 0 Å². The van der Waals surface area contributed by atoms with Crippen molar-refractivity contribution in [2.75, 3.05) is 20.2 Å². The highest BCUT2D eigenvalue weighted by Crippen LogP contribution is 2.19. The first-order valence-electron chi connectivity index (χ1n) is 8.40. The van der Waals surface area contributed by atoms with E-state index in [4.69, 9.17) is 4.74 Å². The summed E-state index contributed by atoms with van der Waals surface area (Å²) in [6, 6.07) is 10.2. The Bertz CT molecular complexity index is 427. The molecule has 3 rings (SSSR count). The molecule has 1 unspecified atom stereocenters. The molecule has 1 saturated heterocycles. The fourth-order valence-corrected chi connectivity index (χ4v) is 2.97. The van der Waals surface area contributed by atoms with Gasteiger partial charge in [0.2, 0.25) is 0 Å². The van der Waals surface area contributed by atoms with Gasteiger partial charge in [0.25, 0.3) is 0 Å². The summed E-state index contributed by atoms with van der Waals surface area (Å²) in [6.45, 7) is 3.82. The third-order valence-electron chi connectivity index (χ3n) is 4.70. The second-order valence-corrected chi connectivity index (χ2v) is 6.62. The van der Waals surface area contributed by atoms with E-state index in [1.165, 1.54) is 49.8 Å². The summed E-state index contributed by atoms with van der Waals surface area (Å²) < 4.78 is 5.92. The van der Waals surface area contributed by atoms with Gasteiger partial charge in [-0.05, 0) is 50.4 Å². The number of rotatable bonds is 7. The van der Waals surface area contributed by atoms with Crippen LogP contribution in [0.25, 0.3) is 0 Å². The van der Waals surface area contributed by atoms with E-state index >= 15 is 0 Å². The van der Waals surface area contributed by atoms with E-state index in [1.54, 1.807) is 0 Å². The van der Waals surface area contributed by atoms with Crippen LogP contribution >= 0.6 is 0 Å². The molecule has 1 aromatic carbocycles. The van der Waals surface area contributed by atoms with Crippen molar-refractivity contribution in [3.63, 3.8) is 0 Å². The Kier molecular flexibility index (Phi) is 5.28. The predicted molar refractivity (Wildman–Crippen MR) is 86.2 cm³/mol. The topological polar surface area (TPSA) is 24.5 Å². The fourth-order valence-electron chi connectivity index (χ4n) is 2.97. The molecule has 1 heterocycles. The van der Waals surface area contributed by atoms with E-state index in [0.29, 0.717) is 6.04 Å². The number of hydrogen-bond acceptors (Lipinski definition) is 3. The average Bonchev–Trinajstić information content (AvgIpc) is 3.33. The zero-order valence-corrected chi connectivity index (χ0v) is 13.2. The third-order valence-corrected chi connectivity index (χ3v) is 4.70. The Balaban J connectivity index is 1.38. The van der Waals surface area contributed by atoms with Crippen LogP contribution in [0.5, 0.6) is 0 Å². The van der Waals surface area contributed by atoms with E-state index < -0.39 is 0 Å². The van der Waals surface area contributed by atoms with Gasteiger partial charge in [-0.25, -0.2) is 0 Å². The molecule has 2 aliphatic rings. The minimum Gasteiger partial charge on any atom is -0.375 e. The lowest BCUT2D eigenvalue weighted by Crippen LogP contribution is -2.39. The largest absolute Gasteiger partial charge is 0.375 e. The Morgan fingerprint density at radius 3 is 2.57 bits per heavy atom. The maximum absolute atomic E-state index is 5.92. The smallest absolute Gasteiger partial charge is 0.0717 e. The van der Waals surface area contributed by atoms with Crippen LogP contribution in [0, 0.1) is 0 Å². The average molecular weight is 288 g/mol. The Morgan fingerprint density at radius 1 is 1.10 bits per heavy atom. The molecule has 1 aromatic rings. The lowest BCUT2D eigenvalue weighted by Gasteiger charge is -2.32. The first kappa shape index (κ1) is 15.0. The molecule has 1 saturated carbocycles. The Hall–Kier alpha value is -0.900. The molecule has 1 aliphatic heterocycles. The minimum atomic E-state index is 0.612. The second-order valence-electron chi connectivity index (χ2n) is 6.62. The Labute approximate surface area is 128 Å². The molecule has 1 aliphatic carbocycles. The molecular weight excluding hydrogens is 260 g/mol. The molecule has 3 nitrogen and oxygen atoms in total. The summed E-state index contributed by atoms with van der Waals surface area (Å²) in [5, 5.41) is 3.55. The van der Waals surface area contributed by atoms with Crippen molar-refractivity contribution < 1.29 is 4.74 Å². The number of ether oxygens (including phenoxy) is 1. The highest BCUT2D eigenvalue weighted by molar-refractivity contribution is 5.22. The van der Waals surface area contributed by atoms with E-state index in [-0.39, 0.29) is 0 Å². The van der Waals surface area contributed by atoms with Crippen LogP contribution < -0.4 is 5.32 Å². The summed E-state index contributed by atoms with van der Waals surface area (Å²) >= 11 is 0. The molecule has 2 fully saturated rings. The number of hydrogen-bond donors (Lipinski definition) is 1. The van der Waals surface area contributed by atoms with E-state index in [1.807, 2.05) is 0 Å². The monoisotopic (exact) mass is 288 g/mol. The van der Waals surface area contributed by atoms with Crippen LogP contribution in [0.2, 0.25) is 0 Å². The molecule has 1 atom stereocenters. The summed E-state index contributed by atoms with van der Waals surface area (Å²) in [5.41, 5.74) is 2.65. The summed E-state index contributed by atoms with van der Waals surface area (Å²) in [5.74, 6) is 0. The van der Waals surface area contributed by atoms with Gasteiger partial charge >= 0.3 is 0 Å². The first-order chi connectivity index (χ1) is 10.3. The van der Waals surface area contributed by atoms with Gasteiger partial charge < -0.3 is 15.0 Å². The number of benzene rings is 1. The summed E-state index contributed by atoms with van der Waals surface area (Å²) in [4.78, 5) is 2.44. The molecule has 0 aromatic heterocycles. The number of piperidine rings is 1. The zero-order valence-electron chi connectivity index (χ0n) is 13.2. The van der Waals surface area contributed by atoms with Gasteiger partial charge in [-0.15, -0.1) is 0 Å². The lowest BCUT2D eigenvalue weighted by molar-refractivity contribution is 0.0444. The van der Waals surface area contributed by atoms with E-state index in [2.05, 4.69) is 41.5 Å². The van der Waals surface area contributed by atoms with Crippen molar-refractivity contribution in [2.45, 2.75) is 57.3 Å². The van der Waals surface area contributed by atoms with E-state index in [9.17, 15) is 0 Å². The van der Waals surface area contributed by atoms with Crippen molar-refractivity contribution in [3.8, 4) is 0 Å². The molecule has 0 amide bonds. The number of likely N-dealkylation sites (N-methyl/N-ethyl adjacent to an activating group) is 1. The first-order valence-corrected chi connectivity index (χ1v) is 8.40. The second kappa shape index (κ2) is 7.39. The van der Waals surface area contributed by atoms with Crippen LogP contribution in [0.3, 0.4) is 0 Å². The van der Waals surface area contributed by atoms with E-state index in [0.717, 1.165) is 25.8 Å². The molecule has 0 radical (unpaired) electrons. The van der Waals surface area contributed by atoms with Gasteiger partial charge in [-0.2, -0.15) is 0 Å². The third kappa shape index (κ3) is 4.80. The maximum Gasteiger partial charge on any atom is 0.0717 e.